The van der Waals surface area contributed by atoms with E-state index < -0.39 is 21.6 Å². The molecule has 0 aromatic heterocycles. The molecule has 1 aliphatic rings. The predicted molar refractivity (Wildman–Crippen MR) is 110 cm³/mol. The molecule has 1 amide bonds. The molecule has 1 saturated heterocycles. The Balaban J connectivity index is 2.37. The standard InChI is InChI=1S/C21H24N2O5S/c1-3-5-13-23-14-11-21(12-15-23,20(24)22-25)19(29(26)27)17-7-9-18(10-8-17)28-16-6-4-2/h7-10,25H,11-16H2,1-2H3,(H,22,24). The molecule has 0 spiro atoms. The summed E-state index contributed by atoms with van der Waals surface area (Å²) in [5, 5.41) is 9.32. The summed E-state index contributed by atoms with van der Waals surface area (Å²) in [6.45, 7) is 5.22. The summed E-state index contributed by atoms with van der Waals surface area (Å²) >= 11 is 0. The fourth-order valence-corrected chi connectivity index (χ4v) is 4.32. The van der Waals surface area contributed by atoms with Gasteiger partial charge >= 0.3 is 0 Å². The molecular weight excluding hydrogens is 392 g/mol. The highest BCUT2D eigenvalue weighted by Crippen LogP contribution is 2.36. The van der Waals surface area contributed by atoms with Crippen LogP contribution in [0.5, 0.6) is 5.75 Å². The van der Waals surface area contributed by atoms with Crippen LogP contribution in [0.15, 0.2) is 24.3 Å². The van der Waals surface area contributed by atoms with Gasteiger partial charge in [-0.25, -0.2) is 5.48 Å². The van der Waals surface area contributed by atoms with Crippen molar-refractivity contribution in [2.45, 2.75) is 26.7 Å². The Kier molecular flexibility index (Phi) is 8.29. The number of hydroxylamine groups is 1. The van der Waals surface area contributed by atoms with E-state index in [1.54, 1.807) is 43.6 Å². The third-order valence-electron chi connectivity index (χ3n) is 4.93. The number of rotatable bonds is 6. The molecule has 1 heterocycles. The van der Waals surface area contributed by atoms with Gasteiger partial charge in [0.15, 0.2) is 0 Å². The van der Waals surface area contributed by atoms with E-state index in [0.29, 0.717) is 30.9 Å². The molecule has 1 aliphatic heterocycles. The number of carbonyl (C=O) groups excluding carboxylic acids is 1. The third-order valence-corrected chi connectivity index (χ3v) is 5.89. The molecule has 1 fully saturated rings. The Morgan fingerprint density at radius 2 is 1.79 bits per heavy atom. The molecule has 2 rings (SSSR count). The normalized spacial score (nSPS) is 15.1. The fraction of sp³-hybridized carbons (Fsp3) is 0.429. The van der Waals surface area contributed by atoms with Crippen molar-refractivity contribution in [1.29, 1.82) is 0 Å². The van der Waals surface area contributed by atoms with E-state index in [-0.39, 0.29) is 24.3 Å². The second-order valence-electron chi connectivity index (χ2n) is 6.53. The first-order valence-electron chi connectivity index (χ1n) is 9.14. The molecule has 29 heavy (non-hydrogen) atoms. The van der Waals surface area contributed by atoms with Crippen LogP contribution in [-0.2, 0) is 15.1 Å². The van der Waals surface area contributed by atoms with E-state index >= 15 is 0 Å². The van der Waals surface area contributed by atoms with Crippen molar-refractivity contribution in [1.82, 2.24) is 10.4 Å². The van der Waals surface area contributed by atoms with E-state index in [1.165, 1.54) is 0 Å². The third kappa shape index (κ3) is 5.39. The molecule has 0 saturated carbocycles. The summed E-state index contributed by atoms with van der Waals surface area (Å²) in [6.07, 6.45) is 0.497. The lowest BCUT2D eigenvalue weighted by Gasteiger charge is -2.39. The molecule has 1 aromatic carbocycles. The molecular formula is C21H24N2O5S. The lowest BCUT2D eigenvalue weighted by Crippen LogP contribution is -2.53. The molecule has 1 aromatic rings. The number of carbonyl (C=O) groups is 1. The monoisotopic (exact) mass is 416 g/mol. The second kappa shape index (κ2) is 10.7. The van der Waals surface area contributed by atoms with E-state index in [1.807, 2.05) is 0 Å². The largest absolute Gasteiger partial charge is 0.481 e. The summed E-state index contributed by atoms with van der Waals surface area (Å²) in [5.41, 5.74) is 0.698. The Bertz CT molecular complexity index is 975. The van der Waals surface area contributed by atoms with Crippen molar-refractivity contribution in [3.05, 3.63) is 29.8 Å². The minimum atomic E-state index is -2.66. The van der Waals surface area contributed by atoms with Crippen LogP contribution in [0.1, 0.15) is 32.3 Å². The van der Waals surface area contributed by atoms with Crippen LogP contribution in [0.25, 0.3) is 0 Å². The van der Waals surface area contributed by atoms with Gasteiger partial charge < -0.3 is 4.74 Å². The van der Waals surface area contributed by atoms with Crippen LogP contribution in [0.4, 0.5) is 0 Å². The number of ether oxygens (including phenoxy) is 1. The van der Waals surface area contributed by atoms with E-state index in [4.69, 9.17) is 4.74 Å². The van der Waals surface area contributed by atoms with Gasteiger partial charge in [-0.1, -0.05) is 11.8 Å². The Labute approximate surface area is 172 Å². The van der Waals surface area contributed by atoms with Gasteiger partial charge in [0.2, 0.25) is 10.3 Å². The highest BCUT2D eigenvalue weighted by molar-refractivity contribution is 7.73. The van der Waals surface area contributed by atoms with Crippen molar-refractivity contribution >= 4 is 21.1 Å². The van der Waals surface area contributed by atoms with Crippen LogP contribution < -0.4 is 10.2 Å². The second-order valence-corrected chi connectivity index (χ2v) is 7.41. The van der Waals surface area contributed by atoms with Crippen LogP contribution in [0, 0.1) is 29.1 Å². The van der Waals surface area contributed by atoms with Gasteiger partial charge in [-0.05, 0) is 56.5 Å². The topological polar surface area (TPSA) is 95.9 Å². The van der Waals surface area contributed by atoms with Crippen LogP contribution in [-0.4, -0.2) is 55.5 Å². The maximum atomic E-state index is 12.6. The number of hydrogen-bond donors (Lipinski definition) is 2. The molecule has 2 N–H and O–H groups in total. The van der Waals surface area contributed by atoms with Crippen molar-refractivity contribution < 1.29 is 23.2 Å². The number of nitrogens with zero attached hydrogens (tertiary/aromatic N) is 1. The average molecular weight is 416 g/mol. The number of amides is 1. The zero-order chi connectivity index (χ0) is 21.3. The molecule has 154 valence electrons. The van der Waals surface area contributed by atoms with Crippen molar-refractivity contribution in [3.63, 3.8) is 0 Å². The average Bonchev–Trinajstić information content (AvgIpc) is 2.73. The summed E-state index contributed by atoms with van der Waals surface area (Å²) in [6, 6.07) is 6.47. The highest BCUT2D eigenvalue weighted by atomic mass is 32.2. The number of piperidine rings is 1. The van der Waals surface area contributed by atoms with E-state index in [0.717, 1.165) is 0 Å². The Morgan fingerprint density at radius 1 is 1.17 bits per heavy atom. The summed E-state index contributed by atoms with van der Waals surface area (Å²) < 4.78 is 29.8. The number of nitrogens with one attached hydrogen (secondary N) is 1. The van der Waals surface area contributed by atoms with Crippen LogP contribution >= 0.6 is 0 Å². The minimum Gasteiger partial charge on any atom is -0.481 e. The fourth-order valence-electron chi connectivity index (χ4n) is 3.37. The van der Waals surface area contributed by atoms with Crippen LogP contribution in [0.3, 0.4) is 0 Å². The Hall–Kier alpha value is -2.78. The van der Waals surface area contributed by atoms with E-state index in [2.05, 4.69) is 28.6 Å². The highest BCUT2D eigenvalue weighted by Gasteiger charge is 2.47. The first kappa shape index (κ1) is 22.5. The molecule has 0 radical (unpaired) electrons. The van der Waals surface area contributed by atoms with Crippen LogP contribution in [0.2, 0.25) is 0 Å². The quantitative estimate of drug-likeness (QED) is 0.237. The molecule has 0 aliphatic carbocycles. The summed E-state index contributed by atoms with van der Waals surface area (Å²) in [7, 11) is -2.66. The van der Waals surface area contributed by atoms with Gasteiger partial charge in [0.1, 0.15) is 12.4 Å². The van der Waals surface area contributed by atoms with Crippen molar-refractivity contribution in [3.8, 4) is 29.4 Å². The van der Waals surface area contributed by atoms with Gasteiger partial charge in [-0.2, -0.15) is 8.42 Å². The maximum Gasteiger partial charge on any atom is 0.255 e. The van der Waals surface area contributed by atoms with Crippen molar-refractivity contribution in [2.75, 3.05) is 26.2 Å². The smallest absolute Gasteiger partial charge is 0.255 e. The zero-order valence-corrected chi connectivity index (χ0v) is 17.3. The van der Waals surface area contributed by atoms with E-state index in [9.17, 15) is 18.4 Å². The molecule has 8 heteroatoms. The number of hydrogen-bond acceptors (Lipinski definition) is 6. The first-order chi connectivity index (χ1) is 14.0. The minimum absolute atomic E-state index is 0.0369. The molecule has 0 atom stereocenters. The van der Waals surface area contributed by atoms with Gasteiger partial charge in [0.05, 0.1) is 16.8 Å². The van der Waals surface area contributed by atoms with Gasteiger partial charge in [0, 0.05) is 13.1 Å². The number of likely N-dealkylation sites (tertiary alicyclic amines) is 1. The lowest BCUT2D eigenvalue weighted by atomic mass is 9.73. The predicted octanol–water partition coefficient (Wildman–Crippen LogP) is 1.10. The Morgan fingerprint density at radius 3 is 2.31 bits per heavy atom. The first-order valence-corrected chi connectivity index (χ1v) is 10.2. The van der Waals surface area contributed by atoms with Crippen molar-refractivity contribution in [2.24, 2.45) is 5.41 Å². The maximum absolute atomic E-state index is 12.6. The number of benzene rings is 1. The zero-order valence-electron chi connectivity index (χ0n) is 16.5. The summed E-state index contributed by atoms with van der Waals surface area (Å²) in [4.78, 5) is 14.6. The molecule has 0 bridgehead atoms. The molecule has 7 nitrogen and oxygen atoms in total. The molecule has 0 unspecified atom stereocenters. The van der Waals surface area contributed by atoms with Gasteiger partial charge in [0.25, 0.3) is 5.91 Å². The summed E-state index contributed by atoms with van der Waals surface area (Å²) in [5.74, 6) is 11.1. The SMILES string of the molecule is CC#CCOc1ccc(C(=S(=O)=O)C2(C(=O)NO)CCN(CC#CC)CC2)cc1. The van der Waals surface area contributed by atoms with Gasteiger partial charge in [-0.3, -0.25) is 14.9 Å². The van der Waals surface area contributed by atoms with Gasteiger partial charge in [-0.15, -0.1) is 11.8 Å². The lowest BCUT2D eigenvalue weighted by molar-refractivity contribution is -0.138.